The predicted molar refractivity (Wildman–Crippen MR) is 66.8 cm³/mol. The van der Waals surface area contributed by atoms with E-state index in [9.17, 15) is 0 Å². The molecule has 1 unspecified atom stereocenters. The molecule has 0 radical (unpaired) electrons. The highest BCUT2D eigenvalue weighted by Gasteiger charge is 2.18. The minimum atomic E-state index is -0.0639. The van der Waals surface area contributed by atoms with Gasteiger partial charge in [0.15, 0.2) is 0 Å². The quantitative estimate of drug-likeness (QED) is 0.783. The van der Waals surface area contributed by atoms with Crippen LogP contribution >= 0.6 is 0 Å². The molecule has 0 saturated carbocycles. The van der Waals surface area contributed by atoms with Crippen LogP contribution in [0, 0.1) is 5.92 Å². The third kappa shape index (κ3) is 4.98. The van der Waals surface area contributed by atoms with Crippen molar-refractivity contribution in [3.05, 3.63) is 35.9 Å². The van der Waals surface area contributed by atoms with E-state index in [0.717, 1.165) is 18.8 Å². The van der Waals surface area contributed by atoms with Gasteiger partial charge in [0, 0.05) is 5.54 Å². The maximum absolute atomic E-state index is 6.30. The van der Waals surface area contributed by atoms with Crippen LogP contribution in [0.25, 0.3) is 0 Å². The van der Waals surface area contributed by atoms with Crippen molar-refractivity contribution in [2.75, 3.05) is 0 Å². The van der Waals surface area contributed by atoms with Gasteiger partial charge in [-0.2, -0.15) is 0 Å². The van der Waals surface area contributed by atoms with Gasteiger partial charge in [-0.15, -0.1) is 0 Å². The van der Waals surface area contributed by atoms with Crippen LogP contribution in [0.15, 0.2) is 30.3 Å². The van der Waals surface area contributed by atoms with Crippen molar-refractivity contribution in [2.24, 2.45) is 11.7 Å². The standard InChI is InChI=1S/C14H23N/c1-12(2)9-10-14(3,15)11-13-7-5-4-6-8-13/h4-8,12H,9-11,15H2,1-3H3. The first kappa shape index (κ1) is 12.3. The minimum absolute atomic E-state index is 0.0639. The molecule has 1 heteroatoms. The Hall–Kier alpha value is -0.820. The van der Waals surface area contributed by atoms with Crippen molar-refractivity contribution in [1.29, 1.82) is 0 Å². The lowest BCUT2D eigenvalue weighted by atomic mass is 9.87. The highest BCUT2D eigenvalue weighted by molar-refractivity contribution is 5.17. The van der Waals surface area contributed by atoms with Crippen molar-refractivity contribution in [2.45, 2.75) is 45.6 Å². The van der Waals surface area contributed by atoms with Gasteiger partial charge in [-0.25, -0.2) is 0 Å². The Morgan fingerprint density at radius 3 is 2.33 bits per heavy atom. The summed E-state index contributed by atoms with van der Waals surface area (Å²) in [7, 11) is 0. The van der Waals surface area contributed by atoms with Gasteiger partial charge in [0.2, 0.25) is 0 Å². The van der Waals surface area contributed by atoms with Crippen molar-refractivity contribution < 1.29 is 0 Å². The first-order valence-electron chi connectivity index (χ1n) is 5.82. The summed E-state index contributed by atoms with van der Waals surface area (Å²) in [4.78, 5) is 0. The number of rotatable bonds is 5. The number of benzene rings is 1. The third-order valence-electron chi connectivity index (χ3n) is 2.74. The Morgan fingerprint density at radius 2 is 1.80 bits per heavy atom. The van der Waals surface area contributed by atoms with E-state index in [2.05, 4.69) is 45.0 Å². The third-order valence-corrected chi connectivity index (χ3v) is 2.74. The van der Waals surface area contributed by atoms with E-state index >= 15 is 0 Å². The maximum Gasteiger partial charge on any atom is 0.0166 e. The lowest BCUT2D eigenvalue weighted by Crippen LogP contribution is -2.38. The number of hydrogen-bond acceptors (Lipinski definition) is 1. The van der Waals surface area contributed by atoms with Crippen LogP contribution in [0.5, 0.6) is 0 Å². The molecule has 2 N–H and O–H groups in total. The second-order valence-electron chi connectivity index (χ2n) is 5.25. The molecule has 0 aliphatic carbocycles. The second-order valence-corrected chi connectivity index (χ2v) is 5.25. The van der Waals surface area contributed by atoms with Crippen molar-refractivity contribution in [1.82, 2.24) is 0 Å². The van der Waals surface area contributed by atoms with Gasteiger partial charge in [0.1, 0.15) is 0 Å². The highest BCUT2D eigenvalue weighted by Crippen LogP contribution is 2.18. The fourth-order valence-corrected chi connectivity index (χ4v) is 1.77. The van der Waals surface area contributed by atoms with E-state index in [4.69, 9.17) is 5.73 Å². The first-order chi connectivity index (χ1) is 6.99. The molecule has 0 spiro atoms. The Kier molecular flexibility index (Phi) is 4.34. The van der Waals surface area contributed by atoms with Crippen LogP contribution < -0.4 is 5.73 Å². The van der Waals surface area contributed by atoms with E-state index in [0.29, 0.717) is 0 Å². The Bertz CT molecular complexity index is 275. The molecule has 1 nitrogen and oxygen atoms in total. The summed E-state index contributed by atoms with van der Waals surface area (Å²) < 4.78 is 0. The average molecular weight is 205 g/mol. The Balaban J connectivity index is 2.49. The topological polar surface area (TPSA) is 26.0 Å². The van der Waals surface area contributed by atoms with E-state index in [1.165, 1.54) is 12.0 Å². The zero-order valence-electron chi connectivity index (χ0n) is 10.2. The van der Waals surface area contributed by atoms with Crippen molar-refractivity contribution in [3.8, 4) is 0 Å². The monoisotopic (exact) mass is 205 g/mol. The van der Waals surface area contributed by atoms with E-state index in [-0.39, 0.29) is 5.54 Å². The maximum atomic E-state index is 6.30. The van der Waals surface area contributed by atoms with Gasteiger partial charge in [-0.3, -0.25) is 0 Å². The van der Waals surface area contributed by atoms with Crippen LogP contribution in [-0.4, -0.2) is 5.54 Å². The van der Waals surface area contributed by atoms with Gasteiger partial charge in [-0.1, -0.05) is 44.2 Å². The van der Waals surface area contributed by atoms with Crippen molar-refractivity contribution in [3.63, 3.8) is 0 Å². The predicted octanol–water partition coefficient (Wildman–Crippen LogP) is 3.38. The molecule has 0 saturated heterocycles. The molecule has 0 bridgehead atoms. The smallest absolute Gasteiger partial charge is 0.0166 e. The molecule has 0 amide bonds. The average Bonchev–Trinajstić information content (AvgIpc) is 2.16. The number of hydrogen-bond donors (Lipinski definition) is 1. The highest BCUT2D eigenvalue weighted by atomic mass is 14.7. The molecule has 0 heterocycles. The lowest BCUT2D eigenvalue weighted by molar-refractivity contribution is 0.382. The van der Waals surface area contributed by atoms with Gasteiger partial charge in [-0.05, 0) is 37.7 Å². The SMILES string of the molecule is CC(C)CCC(C)(N)Cc1ccccc1. The van der Waals surface area contributed by atoms with Crippen LogP contribution in [0.1, 0.15) is 39.2 Å². The molecule has 0 aromatic heterocycles. The largest absolute Gasteiger partial charge is 0.325 e. The summed E-state index contributed by atoms with van der Waals surface area (Å²) in [6.45, 7) is 6.65. The summed E-state index contributed by atoms with van der Waals surface area (Å²) >= 11 is 0. The van der Waals surface area contributed by atoms with Crippen LogP contribution in [0.3, 0.4) is 0 Å². The molecule has 15 heavy (non-hydrogen) atoms. The zero-order valence-corrected chi connectivity index (χ0v) is 10.2. The van der Waals surface area contributed by atoms with E-state index < -0.39 is 0 Å². The molecule has 84 valence electrons. The van der Waals surface area contributed by atoms with Gasteiger partial charge in [0.05, 0.1) is 0 Å². The lowest BCUT2D eigenvalue weighted by Gasteiger charge is -2.25. The number of nitrogens with two attached hydrogens (primary N) is 1. The first-order valence-corrected chi connectivity index (χ1v) is 5.82. The summed E-state index contributed by atoms with van der Waals surface area (Å²) in [5, 5.41) is 0. The molecule has 0 aliphatic rings. The van der Waals surface area contributed by atoms with E-state index in [1.807, 2.05) is 6.07 Å². The van der Waals surface area contributed by atoms with E-state index in [1.54, 1.807) is 0 Å². The zero-order chi connectivity index (χ0) is 11.3. The summed E-state index contributed by atoms with van der Waals surface area (Å²) in [6, 6.07) is 10.5. The van der Waals surface area contributed by atoms with Gasteiger partial charge in [0.25, 0.3) is 0 Å². The summed E-state index contributed by atoms with van der Waals surface area (Å²) in [6.07, 6.45) is 3.28. The van der Waals surface area contributed by atoms with Crippen LogP contribution in [0.2, 0.25) is 0 Å². The van der Waals surface area contributed by atoms with Crippen molar-refractivity contribution >= 4 is 0 Å². The molecule has 0 aliphatic heterocycles. The van der Waals surface area contributed by atoms with Gasteiger partial charge >= 0.3 is 0 Å². The van der Waals surface area contributed by atoms with Crippen LogP contribution in [-0.2, 0) is 6.42 Å². The second kappa shape index (κ2) is 5.32. The fraction of sp³-hybridized carbons (Fsp3) is 0.571. The Morgan fingerprint density at radius 1 is 1.20 bits per heavy atom. The summed E-state index contributed by atoms with van der Waals surface area (Å²) in [5.74, 6) is 0.739. The molecular formula is C14H23N. The minimum Gasteiger partial charge on any atom is -0.325 e. The molecular weight excluding hydrogens is 182 g/mol. The Labute approximate surface area is 93.7 Å². The normalized spacial score (nSPS) is 15.3. The van der Waals surface area contributed by atoms with Gasteiger partial charge < -0.3 is 5.73 Å². The molecule has 0 fully saturated rings. The molecule has 1 aromatic carbocycles. The molecule has 1 atom stereocenters. The fourth-order valence-electron chi connectivity index (χ4n) is 1.77. The molecule has 1 aromatic rings. The summed E-state index contributed by atoms with van der Waals surface area (Å²) in [5.41, 5.74) is 7.57. The molecule has 1 rings (SSSR count). The van der Waals surface area contributed by atoms with Crippen LogP contribution in [0.4, 0.5) is 0 Å².